The lowest BCUT2D eigenvalue weighted by atomic mass is 10.1. The van der Waals surface area contributed by atoms with Gasteiger partial charge in [0.05, 0.1) is 17.1 Å². The Bertz CT molecular complexity index is 742. The van der Waals surface area contributed by atoms with E-state index in [1.807, 2.05) is 32.0 Å². The van der Waals surface area contributed by atoms with Gasteiger partial charge < -0.3 is 10.6 Å². The topological polar surface area (TPSA) is 54.0 Å². The summed E-state index contributed by atoms with van der Waals surface area (Å²) in [4.78, 5) is 15.6. The van der Waals surface area contributed by atoms with E-state index in [9.17, 15) is 18.0 Å². The molecule has 0 saturated heterocycles. The van der Waals surface area contributed by atoms with Crippen molar-refractivity contribution in [2.75, 3.05) is 17.2 Å². The number of carbonyl (C=O) groups is 1. The van der Waals surface area contributed by atoms with Gasteiger partial charge in [0.15, 0.2) is 0 Å². The summed E-state index contributed by atoms with van der Waals surface area (Å²) in [5, 5.41) is 5.18. The highest BCUT2D eigenvalue weighted by molar-refractivity contribution is 6.33. The number of amides is 1. The minimum absolute atomic E-state index is 0.0151. The number of alkyl halides is 3. The highest BCUT2D eigenvalue weighted by Gasteiger charge is 2.31. The van der Waals surface area contributed by atoms with E-state index in [1.165, 1.54) is 0 Å². The van der Waals surface area contributed by atoms with Crippen LogP contribution in [0.5, 0.6) is 0 Å². The zero-order valence-corrected chi connectivity index (χ0v) is 13.7. The molecule has 2 N–H and O–H groups in total. The first-order valence-corrected chi connectivity index (χ1v) is 7.39. The van der Waals surface area contributed by atoms with E-state index < -0.39 is 11.7 Å². The highest BCUT2D eigenvalue weighted by atomic mass is 35.5. The van der Waals surface area contributed by atoms with Crippen molar-refractivity contribution < 1.29 is 18.0 Å². The van der Waals surface area contributed by atoms with Crippen LogP contribution < -0.4 is 10.6 Å². The normalized spacial score (nSPS) is 11.2. The SMILES string of the molecule is Cc1cccc(C)c1NC(=O)CNc1ncc(C(F)(F)F)cc1Cl. The summed E-state index contributed by atoms with van der Waals surface area (Å²) in [5.74, 6) is -0.341. The van der Waals surface area contributed by atoms with Gasteiger partial charge in [0, 0.05) is 11.9 Å². The van der Waals surface area contributed by atoms with Gasteiger partial charge in [-0.1, -0.05) is 29.8 Å². The van der Waals surface area contributed by atoms with Crippen molar-refractivity contribution in [1.29, 1.82) is 0 Å². The van der Waals surface area contributed by atoms with Crippen molar-refractivity contribution in [3.05, 3.63) is 52.2 Å². The first-order chi connectivity index (χ1) is 11.2. The van der Waals surface area contributed by atoms with E-state index in [2.05, 4.69) is 15.6 Å². The molecule has 0 unspecified atom stereocenters. The van der Waals surface area contributed by atoms with Crippen molar-refractivity contribution in [2.24, 2.45) is 0 Å². The number of rotatable bonds is 4. The number of nitrogens with zero attached hydrogens (tertiary/aromatic N) is 1. The van der Waals surface area contributed by atoms with Crippen LogP contribution in [0.2, 0.25) is 5.02 Å². The van der Waals surface area contributed by atoms with E-state index in [0.29, 0.717) is 11.9 Å². The molecular formula is C16H15ClF3N3O. The van der Waals surface area contributed by atoms with Crippen LogP contribution >= 0.6 is 11.6 Å². The van der Waals surface area contributed by atoms with Crippen LogP contribution in [0.15, 0.2) is 30.5 Å². The first kappa shape index (κ1) is 18.1. The molecule has 0 aliphatic heterocycles. The molecule has 0 aliphatic rings. The lowest BCUT2D eigenvalue weighted by Crippen LogP contribution is -2.23. The second kappa shape index (κ2) is 7.09. The Morgan fingerprint density at radius 2 is 1.88 bits per heavy atom. The Labute approximate surface area is 142 Å². The molecular weight excluding hydrogens is 343 g/mol. The molecule has 0 saturated carbocycles. The van der Waals surface area contributed by atoms with E-state index in [4.69, 9.17) is 11.6 Å². The molecule has 4 nitrogen and oxygen atoms in total. The second-order valence-electron chi connectivity index (χ2n) is 5.22. The molecule has 0 fully saturated rings. The van der Waals surface area contributed by atoms with Gasteiger partial charge in [-0.15, -0.1) is 0 Å². The number of anilines is 2. The van der Waals surface area contributed by atoms with Gasteiger partial charge in [-0.05, 0) is 31.0 Å². The monoisotopic (exact) mass is 357 g/mol. The fourth-order valence-electron chi connectivity index (χ4n) is 2.08. The number of benzene rings is 1. The number of pyridine rings is 1. The fourth-order valence-corrected chi connectivity index (χ4v) is 2.32. The predicted molar refractivity (Wildman–Crippen MR) is 87.3 cm³/mol. The molecule has 0 bridgehead atoms. The Balaban J connectivity index is 2.02. The van der Waals surface area contributed by atoms with Crippen molar-refractivity contribution in [3.8, 4) is 0 Å². The maximum absolute atomic E-state index is 12.5. The first-order valence-electron chi connectivity index (χ1n) is 7.01. The minimum atomic E-state index is -4.52. The van der Waals surface area contributed by atoms with Crippen LogP contribution in [0.1, 0.15) is 16.7 Å². The molecule has 1 amide bonds. The van der Waals surface area contributed by atoms with Gasteiger partial charge in [-0.3, -0.25) is 4.79 Å². The standard InChI is InChI=1S/C16H15ClF3N3O/c1-9-4-3-5-10(2)14(9)23-13(24)8-22-15-12(17)6-11(7-21-15)16(18,19)20/h3-7H,8H2,1-2H3,(H,21,22)(H,23,24). The summed E-state index contributed by atoms with van der Waals surface area (Å²) in [6, 6.07) is 6.37. The molecule has 2 rings (SSSR count). The quantitative estimate of drug-likeness (QED) is 0.851. The van der Waals surface area contributed by atoms with Crippen LogP contribution in [0.3, 0.4) is 0 Å². The van der Waals surface area contributed by atoms with Crippen molar-refractivity contribution in [1.82, 2.24) is 4.98 Å². The average Bonchev–Trinajstić information content (AvgIpc) is 2.49. The molecule has 0 aliphatic carbocycles. The number of para-hydroxylation sites is 1. The predicted octanol–water partition coefficient (Wildman–Crippen LogP) is 4.42. The van der Waals surface area contributed by atoms with Gasteiger partial charge in [0.2, 0.25) is 5.91 Å². The number of aromatic nitrogens is 1. The van der Waals surface area contributed by atoms with Gasteiger partial charge in [0.1, 0.15) is 5.82 Å². The van der Waals surface area contributed by atoms with E-state index in [-0.39, 0.29) is 23.3 Å². The Kier molecular flexibility index (Phi) is 5.33. The van der Waals surface area contributed by atoms with E-state index in [0.717, 1.165) is 17.2 Å². The molecule has 24 heavy (non-hydrogen) atoms. The Morgan fingerprint density at radius 1 is 1.25 bits per heavy atom. The lowest BCUT2D eigenvalue weighted by molar-refractivity contribution is -0.137. The van der Waals surface area contributed by atoms with Crippen molar-refractivity contribution in [2.45, 2.75) is 20.0 Å². The zero-order valence-electron chi connectivity index (χ0n) is 13.0. The number of aryl methyl sites for hydroxylation is 2. The summed E-state index contributed by atoms with van der Waals surface area (Å²) in [6.07, 6.45) is -3.85. The molecule has 0 spiro atoms. The summed E-state index contributed by atoms with van der Waals surface area (Å²) < 4.78 is 37.6. The number of hydrogen-bond acceptors (Lipinski definition) is 3. The third-order valence-corrected chi connectivity index (χ3v) is 3.62. The Morgan fingerprint density at radius 3 is 2.42 bits per heavy atom. The third kappa shape index (κ3) is 4.38. The van der Waals surface area contributed by atoms with Gasteiger partial charge in [0.25, 0.3) is 0 Å². The van der Waals surface area contributed by atoms with Gasteiger partial charge in [-0.25, -0.2) is 4.98 Å². The highest BCUT2D eigenvalue weighted by Crippen LogP contribution is 2.32. The van der Waals surface area contributed by atoms with Crippen molar-refractivity contribution in [3.63, 3.8) is 0 Å². The number of carbonyl (C=O) groups excluding carboxylic acids is 1. The smallest absolute Gasteiger partial charge is 0.360 e. The molecule has 2 aromatic rings. The summed E-state index contributed by atoms with van der Waals surface area (Å²) in [6.45, 7) is 3.56. The summed E-state index contributed by atoms with van der Waals surface area (Å²) >= 11 is 5.77. The van der Waals surface area contributed by atoms with Crippen LogP contribution in [-0.4, -0.2) is 17.4 Å². The summed E-state index contributed by atoms with van der Waals surface area (Å²) in [5.41, 5.74) is 1.58. The zero-order chi connectivity index (χ0) is 17.9. The third-order valence-electron chi connectivity index (χ3n) is 3.33. The minimum Gasteiger partial charge on any atom is -0.360 e. The van der Waals surface area contributed by atoms with Crippen LogP contribution in [0.25, 0.3) is 0 Å². The maximum atomic E-state index is 12.5. The molecule has 128 valence electrons. The van der Waals surface area contributed by atoms with Crippen molar-refractivity contribution >= 4 is 29.0 Å². The molecule has 1 aromatic heterocycles. The second-order valence-corrected chi connectivity index (χ2v) is 5.63. The number of nitrogens with one attached hydrogen (secondary N) is 2. The van der Waals surface area contributed by atoms with Gasteiger partial charge >= 0.3 is 6.18 Å². The number of hydrogen-bond donors (Lipinski definition) is 2. The molecule has 8 heteroatoms. The fraction of sp³-hybridized carbons (Fsp3) is 0.250. The van der Waals surface area contributed by atoms with E-state index >= 15 is 0 Å². The molecule has 0 radical (unpaired) electrons. The molecule has 1 aromatic carbocycles. The van der Waals surface area contributed by atoms with Crippen LogP contribution in [0.4, 0.5) is 24.7 Å². The van der Waals surface area contributed by atoms with E-state index in [1.54, 1.807) is 0 Å². The van der Waals surface area contributed by atoms with Crippen LogP contribution in [-0.2, 0) is 11.0 Å². The number of halogens is 4. The molecule has 1 heterocycles. The average molecular weight is 358 g/mol. The van der Waals surface area contributed by atoms with Crippen LogP contribution in [0, 0.1) is 13.8 Å². The lowest BCUT2D eigenvalue weighted by Gasteiger charge is -2.13. The maximum Gasteiger partial charge on any atom is 0.417 e. The Hall–Kier alpha value is -2.28. The largest absolute Gasteiger partial charge is 0.417 e. The van der Waals surface area contributed by atoms with Gasteiger partial charge in [-0.2, -0.15) is 13.2 Å². The molecule has 0 atom stereocenters. The summed E-state index contributed by atoms with van der Waals surface area (Å²) in [7, 11) is 0.